The van der Waals surface area contributed by atoms with Crippen molar-refractivity contribution in [1.82, 2.24) is 4.90 Å². The van der Waals surface area contributed by atoms with Crippen molar-refractivity contribution in [2.45, 2.75) is 31.8 Å². The predicted octanol–water partition coefficient (Wildman–Crippen LogP) is 0.931. The average Bonchev–Trinajstić information content (AvgIpc) is 2.93. The highest BCUT2D eigenvalue weighted by molar-refractivity contribution is 5.90. The van der Waals surface area contributed by atoms with Crippen molar-refractivity contribution in [1.29, 1.82) is 0 Å². The minimum atomic E-state index is 0.00256. The van der Waals surface area contributed by atoms with E-state index in [1.165, 1.54) is 0 Å². The fraction of sp³-hybridized carbons (Fsp3) is 0.533. The summed E-state index contributed by atoms with van der Waals surface area (Å²) in [5, 5.41) is 12.1. The van der Waals surface area contributed by atoms with Gasteiger partial charge < -0.3 is 16.2 Å². The molecule has 0 aliphatic carbocycles. The van der Waals surface area contributed by atoms with E-state index in [9.17, 15) is 9.90 Å². The maximum atomic E-state index is 11.9. The zero-order valence-electron chi connectivity index (χ0n) is 11.7. The Morgan fingerprint density at radius 1 is 1.50 bits per heavy atom. The van der Waals surface area contributed by atoms with Crippen LogP contribution in [0.1, 0.15) is 24.8 Å². The number of hydrogen-bond acceptors (Lipinski definition) is 4. The van der Waals surface area contributed by atoms with E-state index < -0.39 is 0 Å². The molecule has 5 nitrogen and oxygen atoms in total. The van der Waals surface area contributed by atoms with Crippen LogP contribution in [-0.4, -0.2) is 41.7 Å². The van der Waals surface area contributed by atoms with Gasteiger partial charge in [-0.15, -0.1) is 0 Å². The molecule has 0 aromatic heterocycles. The van der Waals surface area contributed by atoms with E-state index in [0.29, 0.717) is 19.5 Å². The highest BCUT2D eigenvalue weighted by atomic mass is 16.3. The standard InChI is InChI=1S/C15H23N3O2/c16-10-12-3-1-4-13(9-12)17-15(20)6-8-18-7-2-5-14(18)11-19/h1,3-4,9,14,19H,2,5-8,10-11,16H2,(H,17,20). The largest absolute Gasteiger partial charge is 0.395 e. The van der Waals surface area contributed by atoms with E-state index in [1.54, 1.807) is 0 Å². The van der Waals surface area contributed by atoms with Gasteiger partial charge in [0.25, 0.3) is 0 Å². The number of aliphatic hydroxyl groups excluding tert-OH is 1. The second kappa shape index (κ2) is 7.38. The number of hydrogen-bond donors (Lipinski definition) is 3. The summed E-state index contributed by atoms with van der Waals surface area (Å²) in [6.45, 7) is 2.32. The van der Waals surface area contributed by atoms with E-state index in [1.807, 2.05) is 24.3 Å². The van der Waals surface area contributed by atoms with E-state index in [4.69, 9.17) is 5.73 Å². The van der Waals surface area contributed by atoms with Crippen LogP contribution >= 0.6 is 0 Å². The third-order valence-electron chi connectivity index (χ3n) is 3.78. The first-order valence-electron chi connectivity index (χ1n) is 7.16. The Labute approximate surface area is 119 Å². The van der Waals surface area contributed by atoms with Gasteiger partial charge in [0.2, 0.25) is 5.91 Å². The molecule has 1 amide bonds. The van der Waals surface area contributed by atoms with E-state index in [-0.39, 0.29) is 18.6 Å². The number of rotatable bonds is 6. The molecular weight excluding hydrogens is 254 g/mol. The highest BCUT2D eigenvalue weighted by Crippen LogP contribution is 2.17. The van der Waals surface area contributed by atoms with E-state index in [2.05, 4.69) is 10.2 Å². The van der Waals surface area contributed by atoms with Crippen LogP contribution in [0.25, 0.3) is 0 Å². The van der Waals surface area contributed by atoms with Crippen molar-refractivity contribution < 1.29 is 9.90 Å². The van der Waals surface area contributed by atoms with Crippen LogP contribution in [0.4, 0.5) is 5.69 Å². The van der Waals surface area contributed by atoms with Gasteiger partial charge in [-0.3, -0.25) is 9.69 Å². The van der Waals surface area contributed by atoms with Crippen molar-refractivity contribution >= 4 is 11.6 Å². The molecule has 5 heteroatoms. The molecule has 2 rings (SSSR count). The Morgan fingerprint density at radius 3 is 3.10 bits per heavy atom. The number of nitrogens with one attached hydrogen (secondary N) is 1. The minimum Gasteiger partial charge on any atom is -0.395 e. The Bertz CT molecular complexity index is 450. The second-order valence-corrected chi connectivity index (χ2v) is 5.22. The molecular formula is C15H23N3O2. The molecule has 1 aromatic rings. The Kier molecular flexibility index (Phi) is 5.52. The van der Waals surface area contributed by atoms with E-state index >= 15 is 0 Å². The van der Waals surface area contributed by atoms with Crippen LogP contribution in [-0.2, 0) is 11.3 Å². The lowest BCUT2D eigenvalue weighted by atomic mass is 10.2. The van der Waals surface area contributed by atoms with Gasteiger partial charge in [0.05, 0.1) is 6.61 Å². The lowest BCUT2D eigenvalue weighted by Crippen LogP contribution is -2.34. The molecule has 1 atom stereocenters. The molecule has 20 heavy (non-hydrogen) atoms. The zero-order chi connectivity index (χ0) is 14.4. The lowest BCUT2D eigenvalue weighted by molar-refractivity contribution is -0.116. The maximum Gasteiger partial charge on any atom is 0.225 e. The number of amides is 1. The SMILES string of the molecule is NCc1cccc(NC(=O)CCN2CCCC2CO)c1. The Morgan fingerprint density at radius 2 is 2.35 bits per heavy atom. The van der Waals surface area contributed by atoms with Crippen molar-refractivity contribution in [3.63, 3.8) is 0 Å². The molecule has 1 aromatic carbocycles. The summed E-state index contributed by atoms with van der Waals surface area (Å²) in [7, 11) is 0. The van der Waals surface area contributed by atoms with Crippen LogP contribution in [0.15, 0.2) is 24.3 Å². The summed E-state index contributed by atoms with van der Waals surface area (Å²) >= 11 is 0. The molecule has 4 N–H and O–H groups in total. The molecule has 0 saturated carbocycles. The van der Waals surface area contributed by atoms with Crippen LogP contribution in [0, 0.1) is 0 Å². The first-order valence-corrected chi connectivity index (χ1v) is 7.16. The molecule has 0 bridgehead atoms. The third kappa shape index (κ3) is 4.03. The quantitative estimate of drug-likeness (QED) is 0.723. The number of nitrogens with zero attached hydrogens (tertiary/aromatic N) is 1. The number of aliphatic hydroxyl groups is 1. The average molecular weight is 277 g/mol. The maximum absolute atomic E-state index is 11.9. The predicted molar refractivity (Wildman–Crippen MR) is 79.3 cm³/mol. The summed E-state index contributed by atoms with van der Waals surface area (Å²) in [6, 6.07) is 7.81. The van der Waals surface area contributed by atoms with Crippen molar-refractivity contribution in [3.05, 3.63) is 29.8 Å². The van der Waals surface area contributed by atoms with Gasteiger partial charge in [-0.05, 0) is 37.1 Å². The van der Waals surface area contributed by atoms with Crippen LogP contribution in [0.5, 0.6) is 0 Å². The summed E-state index contributed by atoms with van der Waals surface area (Å²) in [4.78, 5) is 14.1. The first-order chi connectivity index (χ1) is 9.72. The normalized spacial score (nSPS) is 19.2. The Hall–Kier alpha value is -1.43. The Balaban J connectivity index is 1.80. The first kappa shape index (κ1) is 15.0. The molecule has 1 aliphatic rings. The monoisotopic (exact) mass is 277 g/mol. The van der Waals surface area contributed by atoms with Gasteiger partial charge >= 0.3 is 0 Å². The lowest BCUT2D eigenvalue weighted by Gasteiger charge is -2.22. The second-order valence-electron chi connectivity index (χ2n) is 5.22. The molecule has 1 heterocycles. The topological polar surface area (TPSA) is 78.6 Å². The molecule has 0 spiro atoms. The molecule has 0 radical (unpaired) electrons. The fourth-order valence-electron chi connectivity index (χ4n) is 2.64. The summed E-state index contributed by atoms with van der Waals surface area (Å²) in [5.74, 6) is 0.00256. The molecule has 110 valence electrons. The fourth-order valence-corrected chi connectivity index (χ4v) is 2.64. The van der Waals surface area contributed by atoms with Crippen molar-refractivity contribution in [3.8, 4) is 0 Å². The smallest absolute Gasteiger partial charge is 0.225 e. The number of carbonyl (C=O) groups excluding carboxylic acids is 1. The number of nitrogens with two attached hydrogens (primary N) is 1. The minimum absolute atomic E-state index is 0.00256. The van der Waals surface area contributed by atoms with Gasteiger partial charge in [-0.2, -0.15) is 0 Å². The summed E-state index contributed by atoms with van der Waals surface area (Å²) in [6.07, 6.45) is 2.57. The number of likely N-dealkylation sites (tertiary alicyclic amines) is 1. The molecule has 1 saturated heterocycles. The highest BCUT2D eigenvalue weighted by Gasteiger charge is 2.23. The number of anilines is 1. The molecule has 1 unspecified atom stereocenters. The van der Waals surface area contributed by atoms with Gasteiger partial charge in [0.1, 0.15) is 0 Å². The third-order valence-corrected chi connectivity index (χ3v) is 3.78. The van der Waals surface area contributed by atoms with Crippen LogP contribution < -0.4 is 11.1 Å². The summed E-state index contributed by atoms with van der Waals surface area (Å²) in [5.41, 5.74) is 7.37. The summed E-state index contributed by atoms with van der Waals surface area (Å²) < 4.78 is 0. The molecule has 1 aliphatic heterocycles. The molecule has 1 fully saturated rings. The number of carbonyl (C=O) groups is 1. The zero-order valence-corrected chi connectivity index (χ0v) is 11.7. The van der Waals surface area contributed by atoms with Gasteiger partial charge in [0, 0.05) is 31.2 Å². The van der Waals surface area contributed by atoms with Gasteiger partial charge in [-0.25, -0.2) is 0 Å². The van der Waals surface area contributed by atoms with Gasteiger partial charge in [-0.1, -0.05) is 12.1 Å². The van der Waals surface area contributed by atoms with E-state index in [0.717, 1.165) is 30.6 Å². The van der Waals surface area contributed by atoms with Crippen molar-refractivity contribution in [2.24, 2.45) is 5.73 Å². The van der Waals surface area contributed by atoms with Crippen LogP contribution in [0.2, 0.25) is 0 Å². The van der Waals surface area contributed by atoms with Crippen molar-refractivity contribution in [2.75, 3.05) is 25.0 Å². The van der Waals surface area contributed by atoms with Crippen LogP contribution in [0.3, 0.4) is 0 Å². The van der Waals surface area contributed by atoms with Gasteiger partial charge in [0.15, 0.2) is 0 Å². The number of benzene rings is 1.